The first kappa shape index (κ1) is 16.9. The molecule has 0 atom stereocenters. The van der Waals surface area contributed by atoms with Gasteiger partial charge in [-0.25, -0.2) is 13.1 Å². The fourth-order valence-corrected chi connectivity index (χ4v) is 4.93. The van der Waals surface area contributed by atoms with Gasteiger partial charge in [0.1, 0.15) is 0 Å². The summed E-state index contributed by atoms with van der Waals surface area (Å²) in [7, 11) is -3.55. The van der Waals surface area contributed by atoms with Gasteiger partial charge in [-0.15, -0.1) is 0 Å². The maximum atomic E-state index is 12.4. The van der Waals surface area contributed by atoms with Gasteiger partial charge in [-0.05, 0) is 37.3 Å². The summed E-state index contributed by atoms with van der Waals surface area (Å²) in [6.07, 6.45) is 7.73. The van der Waals surface area contributed by atoms with Gasteiger partial charge in [-0.1, -0.05) is 30.9 Å². The molecule has 0 aromatic heterocycles. The van der Waals surface area contributed by atoms with Gasteiger partial charge in [-0.3, -0.25) is 0 Å². The lowest BCUT2D eigenvalue weighted by atomic mass is 9.88. The van der Waals surface area contributed by atoms with Crippen LogP contribution in [-0.4, -0.2) is 26.0 Å². The van der Waals surface area contributed by atoms with Crippen LogP contribution in [0.2, 0.25) is 5.02 Å². The van der Waals surface area contributed by atoms with Gasteiger partial charge in [0.25, 0.3) is 0 Å². The van der Waals surface area contributed by atoms with E-state index in [9.17, 15) is 8.42 Å². The van der Waals surface area contributed by atoms with Crippen LogP contribution in [0.5, 0.6) is 0 Å². The first-order valence-electron chi connectivity index (χ1n) is 6.98. The van der Waals surface area contributed by atoms with Crippen molar-refractivity contribution < 1.29 is 8.42 Å². The molecule has 1 aliphatic carbocycles. The van der Waals surface area contributed by atoms with Crippen molar-refractivity contribution in [3.05, 3.63) is 23.2 Å². The maximum absolute atomic E-state index is 12.4. The van der Waals surface area contributed by atoms with Crippen LogP contribution in [0.4, 0.5) is 5.69 Å². The normalized spacial score (nSPS) is 18.6. The molecular weight excluding hydrogens is 328 g/mol. The third-order valence-electron chi connectivity index (χ3n) is 4.06. The molecule has 0 heterocycles. The second-order valence-electron chi connectivity index (χ2n) is 5.46. The van der Waals surface area contributed by atoms with E-state index in [1.807, 2.05) is 0 Å². The number of nitrogens with one attached hydrogen (secondary N) is 1. The minimum atomic E-state index is -3.55. The largest absolute Gasteiger partial charge is 0.397 e. The first-order chi connectivity index (χ1) is 9.88. The molecule has 1 aliphatic rings. The molecule has 1 aromatic carbocycles. The number of thioether (sulfide) groups is 1. The fourth-order valence-electron chi connectivity index (χ4n) is 2.65. The molecule has 7 heteroatoms. The number of hydrogen-bond donors (Lipinski definition) is 2. The molecule has 0 bridgehead atoms. The SMILES string of the molecule is CSC1(CNS(=O)(=O)c2ccc(Cl)c(N)c2)CCCCC1. The lowest BCUT2D eigenvalue weighted by molar-refractivity contribution is 0.395. The molecular formula is C14H21ClN2O2S2. The summed E-state index contributed by atoms with van der Waals surface area (Å²) in [6.45, 7) is 0.457. The molecule has 2 rings (SSSR count). The monoisotopic (exact) mass is 348 g/mol. The highest BCUT2D eigenvalue weighted by Gasteiger charge is 2.32. The van der Waals surface area contributed by atoms with Gasteiger partial charge in [0.15, 0.2) is 0 Å². The van der Waals surface area contributed by atoms with E-state index in [1.54, 1.807) is 11.8 Å². The van der Waals surface area contributed by atoms with Crippen LogP contribution >= 0.6 is 23.4 Å². The van der Waals surface area contributed by atoms with Crippen molar-refractivity contribution in [1.29, 1.82) is 0 Å². The highest BCUT2D eigenvalue weighted by Crippen LogP contribution is 2.38. The summed E-state index contributed by atoms with van der Waals surface area (Å²) in [4.78, 5) is 0.163. The summed E-state index contributed by atoms with van der Waals surface area (Å²) >= 11 is 7.59. The first-order valence-corrected chi connectivity index (χ1v) is 10.1. The number of benzene rings is 1. The minimum Gasteiger partial charge on any atom is -0.397 e. The van der Waals surface area contributed by atoms with Crippen LogP contribution in [0.1, 0.15) is 32.1 Å². The molecule has 1 saturated carbocycles. The molecule has 3 N–H and O–H groups in total. The molecule has 1 fully saturated rings. The second-order valence-corrected chi connectivity index (χ2v) is 8.90. The Morgan fingerprint density at radius 1 is 1.33 bits per heavy atom. The lowest BCUT2D eigenvalue weighted by Crippen LogP contribution is -2.41. The minimum absolute atomic E-state index is 0.0172. The van der Waals surface area contributed by atoms with Crippen LogP contribution in [0.25, 0.3) is 0 Å². The summed E-state index contributed by atoms with van der Waals surface area (Å²) < 4.78 is 27.5. The van der Waals surface area contributed by atoms with Gasteiger partial charge < -0.3 is 5.73 Å². The van der Waals surface area contributed by atoms with Gasteiger partial charge in [0, 0.05) is 11.3 Å². The lowest BCUT2D eigenvalue weighted by Gasteiger charge is -2.35. The molecule has 0 unspecified atom stereocenters. The standard InChI is InChI=1S/C14H21ClN2O2S2/c1-20-14(7-3-2-4-8-14)10-17-21(18,19)11-5-6-12(15)13(16)9-11/h5-6,9,17H,2-4,7-8,10,16H2,1H3. The van der Waals surface area contributed by atoms with Crippen LogP contribution in [0.3, 0.4) is 0 Å². The zero-order chi connectivity index (χ0) is 15.5. The fraction of sp³-hybridized carbons (Fsp3) is 0.571. The number of hydrogen-bond acceptors (Lipinski definition) is 4. The number of anilines is 1. The Morgan fingerprint density at radius 2 is 2.00 bits per heavy atom. The van der Waals surface area contributed by atoms with Crippen LogP contribution in [0.15, 0.2) is 23.1 Å². The topological polar surface area (TPSA) is 72.2 Å². The Labute approximate surface area is 135 Å². The molecule has 0 amide bonds. The van der Waals surface area contributed by atoms with Crippen molar-refractivity contribution in [2.45, 2.75) is 41.7 Å². The molecule has 21 heavy (non-hydrogen) atoms. The molecule has 0 radical (unpaired) electrons. The average molecular weight is 349 g/mol. The Morgan fingerprint density at radius 3 is 2.57 bits per heavy atom. The molecule has 0 saturated heterocycles. The molecule has 118 valence electrons. The number of nitrogen functional groups attached to an aromatic ring is 1. The van der Waals surface area contributed by atoms with E-state index in [-0.39, 0.29) is 15.3 Å². The van der Waals surface area contributed by atoms with E-state index in [4.69, 9.17) is 17.3 Å². The number of sulfonamides is 1. The highest BCUT2D eigenvalue weighted by atomic mass is 35.5. The number of nitrogens with two attached hydrogens (primary N) is 1. The van der Waals surface area contributed by atoms with Crippen molar-refractivity contribution in [2.24, 2.45) is 0 Å². The molecule has 0 aliphatic heterocycles. The van der Waals surface area contributed by atoms with Crippen molar-refractivity contribution in [3.8, 4) is 0 Å². The van der Waals surface area contributed by atoms with Crippen LogP contribution < -0.4 is 10.5 Å². The smallest absolute Gasteiger partial charge is 0.240 e. The van der Waals surface area contributed by atoms with Gasteiger partial charge >= 0.3 is 0 Å². The predicted molar refractivity (Wildman–Crippen MR) is 90.4 cm³/mol. The molecule has 4 nitrogen and oxygen atoms in total. The van der Waals surface area contributed by atoms with Gasteiger partial charge in [0.2, 0.25) is 10.0 Å². The Kier molecular flexibility index (Phi) is 5.46. The van der Waals surface area contributed by atoms with Crippen molar-refractivity contribution >= 4 is 39.1 Å². The Hall–Kier alpha value is -0.430. The highest BCUT2D eigenvalue weighted by molar-refractivity contribution is 8.00. The quantitative estimate of drug-likeness (QED) is 0.801. The summed E-state index contributed by atoms with van der Waals surface area (Å²) in [5.74, 6) is 0. The van der Waals surface area contributed by atoms with E-state index in [0.29, 0.717) is 11.6 Å². The average Bonchev–Trinajstić information content (AvgIpc) is 2.49. The second kappa shape index (κ2) is 6.77. The van der Waals surface area contributed by atoms with Gasteiger partial charge in [-0.2, -0.15) is 11.8 Å². The third kappa shape index (κ3) is 4.06. The zero-order valence-corrected chi connectivity index (χ0v) is 14.5. The summed E-state index contributed by atoms with van der Waals surface area (Å²) in [5, 5.41) is 0.363. The van der Waals surface area contributed by atoms with Crippen LogP contribution in [0, 0.1) is 0 Å². The van der Waals surface area contributed by atoms with Crippen LogP contribution in [-0.2, 0) is 10.0 Å². The molecule has 1 aromatic rings. The molecule has 0 spiro atoms. The van der Waals surface area contributed by atoms with Crippen molar-refractivity contribution in [2.75, 3.05) is 18.5 Å². The van der Waals surface area contributed by atoms with E-state index in [2.05, 4.69) is 11.0 Å². The van der Waals surface area contributed by atoms with E-state index in [1.165, 1.54) is 24.6 Å². The Balaban J connectivity index is 2.11. The van der Waals surface area contributed by atoms with E-state index < -0.39 is 10.0 Å². The maximum Gasteiger partial charge on any atom is 0.240 e. The predicted octanol–water partition coefficient (Wildman–Crippen LogP) is 3.27. The van der Waals surface area contributed by atoms with E-state index in [0.717, 1.165) is 25.7 Å². The summed E-state index contributed by atoms with van der Waals surface area (Å²) in [5.41, 5.74) is 5.95. The number of halogens is 1. The summed E-state index contributed by atoms with van der Waals surface area (Å²) in [6, 6.07) is 4.39. The van der Waals surface area contributed by atoms with E-state index >= 15 is 0 Å². The van der Waals surface area contributed by atoms with Gasteiger partial charge in [0.05, 0.1) is 15.6 Å². The number of rotatable bonds is 5. The zero-order valence-electron chi connectivity index (χ0n) is 12.1. The van der Waals surface area contributed by atoms with Crippen molar-refractivity contribution in [3.63, 3.8) is 0 Å². The van der Waals surface area contributed by atoms with Crippen molar-refractivity contribution in [1.82, 2.24) is 4.72 Å². The third-order valence-corrected chi connectivity index (χ3v) is 7.22. The Bertz CT molecular complexity index is 599.